The lowest BCUT2D eigenvalue weighted by Gasteiger charge is -2.23. The van der Waals surface area contributed by atoms with Crippen molar-refractivity contribution in [1.82, 2.24) is 9.97 Å². The van der Waals surface area contributed by atoms with Gasteiger partial charge < -0.3 is 10.6 Å². The van der Waals surface area contributed by atoms with E-state index in [1.807, 2.05) is 24.3 Å². The highest BCUT2D eigenvalue weighted by Crippen LogP contribution is 2.29. The summed E-state index contributed by atoms with van der Waals surface area (Å²) >= 11 is 0. The number of amides is 1. The molecule has 5 nitrogen and oxygen atoms in total. The predicted molar refractivity (Wildman–Crippen MR) is 110 cm³/mol. The van der Waals surface area contributed by atoms with Crippen LogP contribution in [0.15, 0.2) is 48.5 Å². The quantitative estimate of drug-likeness (QED) is 0.623. The zero-order valence-electron chi connectivity index (χ0n) is 16.7. The minimum Gasteiger partial charge on any atom is -0.324 e. The zero-order valence-corrected chi connectivity index (χ0v) is 16.7. The topological polar surface area (TPSA) is 66.9 Å². The number of carbonyl (C=O) groups is 1. The van der Waals surface area contributed by atoms with Gasteiger partial charge in [0.2, 0.25) is 5.95 Å². The highest BCUT2D eigenvalue weighted by molar-refractivity contribution is 6.03. The van der Waals surface area contributed by atoms with Crippen LogP contribution in [-0.2, 0) is 5.41 Å². The smallest absolute Gasteiger partial charge is 0.274 e. The first-order valence-corrected chi connectivity index (χ1v) is 9.12. The average molecular weight is 396 g/mol. The van der Waals surface area contributed by atoms with Gasteiger partial charge >= 0.3 is 0 Å². The first-order chi connectivity index (χ1) is 13.6. The van der Waals surface area contributed by atoms with Crippen LogP contribution < -0.4 is 10.6 Å². The van der Waals surface area contributed by atoms with Crippen molar-refractivity contribution in [3.8, 4) is 0 Å². The van der Waals surface area contributed by atoms with Crippen LogP contribution in [0.1, 0.15) is 42.5 Å². The fourth-order valence-electron chi connectivity index (χ4n) is 2.88. The molecule has 2 N–H and O–H groups in total. The molecule has 0 aliphatic carbocycles. The number of benzene rings is 2. The van der Waals surface area contributed by atoms with Gasteiger partial charge in [-0.1, -0.05) is 39.0 Å². The molecule has 7 heteroatoms. The summed E-state index contributed by atoms with van der Waals surface area (Å²) in [5.41, 5.74) is 2.55. The number of nitrogens with zero attached hydrogens (tertiary/aromatic N) is 2. The number of rotatable bonds is 4. The lowest BCUT2D eigenvalue weighted by Crippen LogP contribution is -2.20. The molecular formula is C22H22F2N4O. The number of hydrogen-bond acceptors (Lipinski definition) is 4. The Bertz CT molecular complexity index is 1060. The molecule has 0 saturated heterocycles. The maximum atomic E-state index is 13.4. The van der Waals surface area contributed by atoms with E-state index in [9.17, 15) is 13.6 Å². The molecule has 0 fully saturated rings. The molecule has 0 unspecified atom stereocenters. The predicted octanol–water partition coefficient (Wildman–Crippen LogP) is 5.36. The number of anilines is 3. The third kappa shape index (κ3) is 4.93. The van der Waals surface area contributed by atoms with Crippen LogP contribution in [0.25, 0.3) is 0 Å². The molecule has 0 spiro atoms. The van der Waals surface area contributed by atoms with Crippen molar-refractivity contribution >= 4 is 23.2 Å². The molecule has 0 saturated carbocycles. The summed E-state index contributed by atoms with van der Waals surface area (Å²) in [6.07, 6.45) is 0. The van der Waals surface area contributed by atoms with E-state index < -0.39 is 11.6 Å². The molecule has 2 aromatic carbocycles. The maximum Gasteiger partial charge on any atom is 0.274 e. The molecule has 0 atom stereocenters. The molecule has 1 amide bonds. The first-order valence-electron chi connectivity index (χ1n) is 9.12. The standard InChI is InChI=1S/C22H22F2N4O/c1-13-11-19(20(29)27-18-8-6-5-7-15(18)22(2,3)4)28-21(25-13)26-14-9-10-16(23)17(24)12-14/h5-12H,1-4H3,(H,27,29)(H,25,26,28). The molecule has 3 rings (SSSR count). The van der Waals surface area contributed by atoms with Crippen molar-refractivity contribution in [3.63, 3.8) is 0 Å². The van der Waals surface area contributed by atoms with Crippen molar-refractivity contribution in [2.75, 3.05) is 10.6 Å². The Hall–Kier alpha value is -3.35. The lowest BCUT2D eigenvalue weighted by atomic mass is 9.86. The normalized spacial score (nSPS) is 11.2. The minimum atomic E-state index is -0.987. The van der Waals surface area contributed by atoms with Crippen LogP contribution >= 0.6 is 0 Å². The fraction of sp³-hybridized carbons (Fsp3) is 0.227. The van der Waals surface area contributed by atoms with Crippen molar-refractivity contribution in [3.05, 3.63) is 77.1 Å². The lowest BCUT2D eigenvalue weighted by molar-refractivity contribution is 0.102. The van der Waals surface area contributed by atoms with Crippen LogP contribution in [0.3, 0.4) is 0 Å². The summed E-state index contributed by atoms with van der Waals surface area (Å²) in [5.74, 6) is -2.21. The van der Waals surface area contributed by atoms with E-state index in [4.69, 9.17) is 0 Å². The zero-order chi connectivity index (χ0) is 21.2. The molecule has 0 aliphatic heterocycles. The highest BCUT2D eigenvalue weighted by atomic mass is 19.2. The van der Waals surface area contributed by atoms with Crippen molar-refractivity contribution < 1.29 is 13.6 Å². The second-order valence-corrected chi connectivity index (χ2v) is 7.72. The monoisotopic (exact) mass is 396 g/mol. The maximum absolute atomic E-state index is 13.4. The molecule has 1 aromatic heterocycles. The summed E-state index contributed by atoms with van der Waals surface area (Å²) < 4.78 is 26.5. The van der Waals surface area contributed by atoms with Gasteiger partial charge in [0, 0.05) is 23.1 Å². The first kappa shape index (κ1) is 20.4. The van der Waals surface area contributed by atoms with Gasteiger partial charge in [-0.25, -0.2) is 18.7 Å². The Morgan fingerprint density at radius 2 is 1.69 bits per heavy atom. The van der Waals surface area contributed by atoms with Crippen LogP contribution in [-0.4, -0.2) is 15.9 Å². The number of hydrogen-bond donors (Lipinski definition) is 2. The number of carbonyl (C=O) groups excluding carboxylic acids is 1. The molecule has 0 aliphatic rings. The average Bonchev–Trinajstić information content (AvgIpc) is 2.64. The van der Waals surface area contributed by atoms with Gasteiger partial charge in [0.05, 0.1) is 0 Å². The van der Waals surface area contributed by atoms with Crippen LogP contribution in [0, 0.1) is 18.6 Å². The van der Waals surface area contributed by atoms with E-state index in [0.29, 0.717) is 11.4 Å². The van der Waals surface area contributed by atoms with E-state index in [1.165, 1.54) is 6.07 Å². The van der Waals surface area contributed by atoms with Crippen LogP contribution in [0.2, 0.25) is 0 Å². The van der Waals surface area contributed by atoms with Gasteiger partial charge in [-0.3, -0.25) is 4.79 Å². The van der Waals surface area contributed by atoms with E-state index >= 15 is 0 Å². The summed E-state index contributed by atoms with van der Waals surface area (Å²) in [4.78, 5) is 21.2. The molecular weight excluding hydrogens is 374 g/mol. The summed E-state index contributed by atoms with van der Waals surface area (Å²) in [6, 6.07) is 12.5. The van der Waals surface area contributed by atoms with Gasteiger partial charge in [0.25, 0.3) is 5.91 Å². The van der Waals surface area contributed by atoms with E-state index in [0.717, 1.165) is 17.7 Å². The Morgan fingerprint density at radius 1 is 0.966 bits per heavy atom. The summed E-state index contributed by atoms with van der Waals surface area (Å²) in [5, 5.41) is 5.70. The molecule has 0 bridgehead atoms. The molecule has 150 valence electrons. The number of nitrogens with one attached hydrogen (secondary N) is 2. The second-order valence-electron chi connectivity index (χ2n) is 7.72. The largest absolute Gasteiger partial charge is 0.324 e. The Kier molecular flexibility index (Phi) is 5.59. The third-order valence-electron chi connectivity index (χ3n) is 4.25. The molecule has 29 heavy (non-hydrogen) atoms. The molecule has 1 heterocycles. The van der Waals surface area contributed by atoms with E-state index in [2.05, 4.69) is 41.4 Å². The van der Waals surface area contributed by atoms with E-state index in [-0.39, 0.29) is 28.7 Å². The molecule has 3 aromatic rings. The Labute approximate surface area is 168 Å². The van der Waals surface area contributed by atoms with E-state index in [1.54, 1.807) is 13.0 Å². The third-order valence-corrected chi connectivity index (χ3v) is 4.25. The van der Waals surface area contributed by atoms with Gasteiger partial charge in [-0.15, -0.1) is 0 Å². The van der Waals surface area contributed by atoms with Crippen molar-refractivity contribution in [2.24, 2.45) is 0 Å². The number of aryl methyl sites for hydroxylation is 1. The number of halogens is 2. The van der Waals surface area contributed by atoms with Gasteiger partial charge in [0.1, 0.15) is 5.69 Å². The minimum absolute atomic E-state index is 0.116. The van der Waals surface area contributed by atoms with Crippen LogP contribution in [0.5, 0.6) is 0 Å². The Morgan fingerprint density at radius 3 is 2.38 bits per heavy atom. The summed E-state index contributed by atoms with van der Waals surface area (Å²) in [7, 11) is 0. The van der Waals surface area contributed by atoms with Gasteiger partial charge in [0.15, 0.2) is 11.6 Å². The van der Waals surface area contributed by atoms with Gasteiger partial charge in [-0.2, -0.15) is 0 Å². The Balaban J connectivity index is 1.86. The fourth-order valence-corrected chi connectivity index (χ4v) is 2.88. The SMILES string of the molecule is Cc1cc(C(=O)Nc2ccccc2C(C)(C)C)nc(Nc2ccc(F)c(F)c2)n1. The molecule has 0 radical (unpaired) electrons. The van der Waals surface area contributed by atoms with Crippen molar-refractivity contribution in [2.45, 2.75) is 33.1 Å². The number of para-hydroxylation sites is 1. The highest BCUT2D eigenvalue weighted by Gasteiger charge is 2.20. The number of aromatic nitrogens is 2. The summed E-state index contributed by atoms with van der Waals surface area (Å²) in [6.45, 7) is 7.92. The van der Waals surface area contributed by atoms with Gasteiger partial charge in [-0.05, 0) is 42.2 Å². The van der Waals surface area contributed by atoms with Crippen molar-refractivity contribution in [1.29, 1.82) is 0 Å². The van der Waals surface area contributed by atoms with Crippen LogP contribution in [0.4, 0.5) is 26.1 Å². The second kappa shape index (κ2) is 7.95.